The summed E-state index contributed by atoms with van der Waals surface area (Å²) in [4.78, 5) is 10.4. The number of methoxy groups -OCH3 is 1. The summed E-state index contributed by atoms with van der Waals surface area (Å²) in [6.45, 7) is 0. The molecule has 1 heterocycles. The molecule has 0 fully saturated rings. The van der Waals surface area contributed by atoms with Crippen molar-refractivity contribution in [1.29, 1.82) is 0 Å². The van der Waals surface area contributed by atoms with Crippen molar-refractivity contribution in [2.75, 3.05) is 7.11 Å². The molecule has 0 aliphatic heterocycles. The molecule has 6 heteroatoms. The smallest absolute Gasteiger partial charge is 0.270 e. The fourth-order valence-corrected chi connectivity index (χ4v) is 2.41. The van der Waals surface area contributed by atoms with Crippen LogP contribution in [0.4, 0.5) is 5.69 Å². The van der Waals surface area contributed by atoms with Crippen molar-refractivity contribution in [2.45, 2.75) is 6.23 Å². The number of aromatic nitrogens is 1. The number of hydrogen-bond acceptors (Lipinski definition) is 4. The van der Waals surface area contributed by atoms with E-state index in [4.69, 9.17) is 4.74 Å². The first-order chi connectivity index (χ1) is 10.6. The van der Waals surface area contributed by atoms with E-state index in [9.17, 15) is 15.2 Å². The van der Waals surface area contributed by atoms with E-state index >= 15 is 0 Å². The number of hydrogen-bond donors (Lipinski definition) is 1. The Bertz CT molecular complexity index is 824. The normalized spacial score (nSPS) is 12.3. The van der Waals surface area contributed by atoms with Gasteiger partial charge in [-0.05, 0) is 24.3 Å². The van der Waals surface area contributed by atoms with E-state index in [0.29, 0.717) is 16.7 Å². The number of rotatable bonds is 4. The first-order valence-corrected chi connectivity index (χ1v) is 6.67. The van der Waals surface area contributed by atoms with E-state index in [1.165, 1.54) is 12.1 Å². The van der Waals surface area contributed by atoms with Crippen molar-refractivity contribution in [3.63, 3.8) is 0 Å². The molecule has 0 saturated carbocycles. The Labute approximate surface area is 126 Å². The van der Waals surface area contributed by atoms with Gasteiger partial charge in [0.15, 0.2) is 6.23 Å². The van der Waals surface area contributed by atoms with E-state index in [1.807, 2.05) is 0 Å². The van der Waals surface area contributed by atoms with Gasteiger partial charge < -0.3 is 14.4 Å². The Hall–Kier alpha value is -2.86. The average Bonchev–Trinajstić information content (AvgIpc) is 2.97. The zero-order valence-electron chi connectivity index (χ0n) is 11.8. The number of nitro groups is 1. The van der Waals surface area contributed by atoms with E-state index in [-0.39, 0.29) is 5.69 Å². The van der Waals surface area contributed by atoms with Crippen LogP contribution in [0.5, 0.6) is 5.75 Å². The number of nitrogens with zero attached hydrogens (tertiary/aromatic N) is 2. The van der Waals surface area contributed by atoms with Gasteiger partial charge >= 0.3 is 0 Å². The lowest BCUT2D eigenvalue weighted by atomic mass is 10.2. The summed E-state index contributed by atoms with van der Waals surface area (Å²) in [5.74, 6) is 0.712. The Morgan fingerprint density at radius 2 is 1.91 bits per heavy atom. The lowest BCUT2D eigenvalue weighted by molar-refractivity contribution is -0.384. The Morgan fingerprint density at radius 1 is 1.18 bits per heavy atom. The molecule has 0 saturated heterocycles. The number of non-ortho nitro benzene ring substituents is 1. The first kappa shape index (κ1) is 14.1. The minimum atomic E-state index is -0.870. The zero-order valence-corrected chi connectivity index (χ0v) is 11.8. The fourth-order valence-electron chi connectivity index (χ4n) is 2.41. The van der Waals surface area contributed by atoms with Crippen molar-refractivity contribution in [3.05, 3.63) is 70.4 Å². The van der Waals surface area contributed by atoms with E-state index in [2.05, 4.69) is 0 Å². The topological polar surface area (TPSA) is 77.5 Å². The summed E-state index contributed by atoms with van der Waals surface area (Å²) >= 11 is 0. The van der Waals surface area contributed by atoms with E-state index in [0.717, 1.165) is 5.52 Å². The van der Waals surface area contributed by atoms with Gasteiger partial charge in [-0.2, -0.15) is 0 Å². The van der Waals surface area contributed by atoms with Crippen LogP contribution in [0.25, 0.3) is 10.9 Å². The third kappa shape index (κ3) is 2.40. The molecular formula is C16H14N2O4. The van der Waals surface area contributed by atoms with Crippen molar-refractivity contribution < 1.29 is 14.8 Å². The molecule has 0 amide bonds. The molecule has 3 aromatic rings. The highest BCUT2D eigenvalue weighted by Gasteiger charge is 2.14. The summed E-state index contributed by atoms with van der Waals surface area (Å²) in [5.41, 5.74) is 1.47. The molecular weight excluding hydrogens is 284 g/mol. The molecule has 1 atom stereocenters. The number of ether oxygens (including phenoxy) is 1. The van der Waals surface area contributed by atoms with Gasteiger partial charge in [-0.3, -0.25) is 10.1 Å². The summed E-state index contributed by atoms with van der Waals surface area (Å²) in [5, 5.41) is 22.0. The summed E-state index contributed by atoms with van der Waals surface area (Å²) in [6, 6.07) is 13.4. The number of aliphatic hydroxyl groups excluding tert-OH is 1. The van der Waals surface area contributed by atoms with Gasteiger partial charge in [0.25, 0.3) is 5.69 Å². The maximum absolute atomic E-state index is 10.8. The monoisotopic (exact) mass is 298 g/mol. The maximum Gasteiger partial charge on any atom is 0.270 e. The fraction of sp³-hybridized carbons (Fsp3) is 0.125. The number of benzene rings is 2. The predicted octanol–water partition coefficient (Wildman–Crippen LogP) is 3.10. The van der Waals surface area contributed by atoms with Crippen molar-refractivity contribution >= 4 is 16.6 Å². The number of nitro benzene ring substituents is 1. The van der Waals surface area contributed by atoms with Crippen LogP contribution < -0.4 is 4.74 Å². The molecule has 3 rings (SSSR count). The van der Waals surface area contributed by atoms with Gasteiger partial charge in [-0.15, -0.1) is 0 Å². The highest BCUT2D eigenvalue weighted by Crippen LogP contribution is 2.27. The average molecular weight is 298 g/mol. The molecule has 0 spiro atoms. The summed E-state index contributed by atoms with van der Waals surface area (Å²) < 4.78 is 6.76. The van der Waals surface area contributed by atoms with Gasteiger partial charge in [0.05, 0.1) is 17.5 Å². The predicted molar refractivity (Wildman–Crippen MR) is 81.9 cm³/mol. The maximum atomic E-state index is 10.8. The van der Waals surface area contributed by atoms with E-state index in [1.54, 1.807) is 54.3 Å². The SMILES string of the molecule is COc1ccc(C(O)n2ccc3cc([N+](=O)[O-])ccc32)cc1. The van der Waals surface area contributed by atoms with Crippen molar-refractivity contribution in [3.8, 4) is 5.75 Å². The Kier molecular flexibility index (Phi) is 3.52. The van der Waals surface area contributed by atoms with Crippen LogP contribution in [-0.2, 0) is 0 Å². The second-order valence-corrected chi connectivity index (χ2v) is 4.87. The molecule has 6 nitrogen and oxygen atoms in total. The molecule has 2 aromatic carbocycles. The highest BCUT2D eigenvalue weighted by atomic mass is 16.6. The van der Waals surface area contributed by atoms with Crippen molar-refractivity contribution in [1.82, 2.24) is 4.57 Å². The molecule has 22 heavy (non-hydrogen) atoms. The quantitative estimate of drug-likeness (QED) is 0.593. The minimum Gasteiger partial charge on any atom is -0.497 e. The number of fused-ring (bicyclic) bond motifs is 1. The van der Waals surface area contributed by atoms with Crippen LogP contribution in [0.2, 0.25) is 0 Å². The largest absolute Gasteiger partial charge is 0.497 e. The van der Waals surface area contributed by atoms with Crippen LogP contribution in [0.3, 0.4) is 0 Å². The van der Waals surface area contributed by atoms with Gasteiger partial charge in [0.2, 0.25) is 0 Å². The Morgan fingerprint density at radius 3 is 2.55 bits per heavy atom. The van der Waals surface area contributed by atoms with Crippen LogP contribution >= 0.6 is 0 Å². The molecule has 0 radical (unpaired) electrons. The van der Waals surface area contributed by atoms with Gasteiger partial charge in [-0.25, -0.2) is 0 Å². The lowest BCUT2D eigenvalue weighted by Crippen LogP contribution is -2.08. The summed E-state index contributed by atoms with van der Waals surface area (Å²) in [7, 11) is 1.58. The highest BCUT2D eigenvalue weighted by molar-refractivity contribution is 5.82. The minimum absolute atomic E-state index is 0.0317. The molecule has 112 valence electrons. The standard InChI is InChI=1S/C16H14N2O4/c1-22-14-5-2-11(3-6-14)16(19)17-9-8-12-10-13(18(20)21)4-7-15(12)17/h2-10,16,19H,1H3. The second kappa shape index (κ2) is 5.50. The van der Waals surface area contributed by atoms with Gasteiger partial charge in [0.1, 0.15) is 5.75 Å². The molecule has 0 aliphatic carbocycles. The summed E-state index contributed by atoms with van der Waals surface area (Å²) in [6.07, 6.45) is 0.841. The zero-order chi connectivity index (χ0) is 15.7. The molecule has 1 unspecified atom stereocenters. The lowest BCUT2D eigenvalue weighted by Gasteiger charge is -2.15. The van der Waals surface area contributed by atoms with Crippen LogP contribution in [0.1, 0.15) is 11.8 Å². The van der Waals surface area contributed by atoms with E-state index < -0.39 is 11.2 Å². The van der Waals surface area contributed by atoms with Crippen LogP contribution in [0.15, 0.2) is 54.7 Å². The molecule has 0 bridgehead atoms. The van der Waals surface area contributed by atoms with Gasteiger partial charge in [0, 0.05) is 29.3 Å². The third-order valence-corrected chi connectivity index (χ3v) is 3.59. The van der Waals surface area contributed by atoms with Crippen LogP contribution in [-0.4, -0.2) is 21.7 Å². The van der Waals surface area contributed by atoms with Gasteiger partial charge in [-0.1, -0.05) is 12.1 Å². The molecule has 1 aromatic heterocycles. The number of aliphatic hydroxyl groups is 1. The first-order valence-electron chi connectivity index (χ1n) is 6.67. The second-order valence-electron chi connectivity index (χ2n) is 4.87. The molecule has 1 N–H and O–H groups in total. The van der Waals surface area contributed by atoms with Crippen LogP contribution in [0, 0.1) is 10.1 Å². The Balaban J connectivity index is 1.99. The molecule has 0 aliphatic rings. The third-order valence-electron chi connectivity index (χ3n) is 3.59. The van der Waals surface area contributed by atoms with Crippen molar-refractivity contribution in [2.24, 2.45) is 0 Å².